The second kappa shape index (κ2) is 6.49. The molecule has 2 fully saturated rings. The Morgan fingerprint density at radius 3 is 2.81 bits per heavy atom. The third-order valence-electron chi connectivity index (χ3n) is 4.91. The van der Waals surface area contributed by atoms with E-state index in [1.54, 1.807) is 0 Å². The molecule has 0 bridgehead atoms. The largest absolute Gasteiger partial charge is 0.311 e. The molecule has 4 nitrogen and oxygen atoms in total. The molecule has 21 heavy (non-hydrogen) atoms. The zero-order valence-electron chi connectivity index (χ0n) is 13.8. The molecule has 2 aliphatic rings. The molecular weight excluding hydrogens is 260 g/mol. The van der Waals surface area contributed by atoms with Gasteiger partial charge in [-0.05, 0) is 43.1 Å². The minimum atomic E-state index is 0.675. The molecule has 1 aromatic rings. The first-order valence-corrected chi connectivity index (χ1v) is 8.56. The molecular formula is C17H30N4. The third-order valence-corrected chi connectivity index (χ3v) is 4.91. The van der Waals surface area contributed by atoms with E-state index in [0.29, 0.717) is 6.04 Å². The smallest absolute Gasteiger partial charge is 0.0522 e. The Kier molecular flexibility index (Phi) is 4.65. The van der Waals surface area contributed by atoms with E-state index in [1.807, 2.05) is 17.9 Å². The first kappa shape index (κ1) is 15.0. The number of rotatable bonds is 6. The van der Waals surface area contributed by atoms with Gasteiger partial charge < -0.3 is 5.32 Å². The van der Waals surface area contributed by atoms with Crippen LogP contribution < -0.4 is 5.32 Å². The van der Waals surface area contributed by atoms with E-state index in [-0.39, 0.29) is 0 Å². The highest BCUT2D eigenvalue weighted by Crippen LogP contribution is 2.36. The molecule has 3 rings (SSSR count). The quantitative estimate of drug-likeness (QED) is 0.870. The fraction of sp³-hybridized carbons (Fsp3) is 0.824. The van der Waals surface area contributed by atoms with Crippen LogP contribution in [0.4, 0.5) is 0 Å². The van der Waals surface area contributed by atoms with Gasteiger partial charge in [0.25, 0.3) is 0 Å². The molecule has 1 aliphatic heterocycles. The standard InChI is InChI=1S/C17H30N4/c1-13(2)8-16-12-21(17(10-18-16)15-4-5-15)7-6-14-9-19-20(3)11-14/h9,11,13,15-18H,4-8,10,12H2,1-3H3. The van der Waals surface area contributed by atoms with Crippen LogP contribution in [-0.4, -0.2) is 46.4 Å². The monoisotopic (exact) mass is 290 g/mol. The van der Waals surface area contributed by atoms with Crippen LogP contribution in [0.3, 0.4) is 0 Å². The summed E-state index contributed by atoms with van der Waals surface area (Å²) in [6.07, 6.45) is 9.46. The van der Waals surface area contributed by atoms with Crippen molar-refractivity contribution in [2.24, 2.45) is 18.9 Å². The summed E-state index contributed by atoms with van der Waals surface area (Å²) in [5.74, 6) is 1.73. The van der Waals surface area contributed by atoms with Crippen LogP contribution in [0.5, 0.6) is 0 Å². The van der Waals surface area contributed by atoms with Crippen molar-refractivity contribution in [2.45, 2.75) is 51.6 Å². The predicted octanol–water partition coefficient (Wildman–Crippen LogP) is 2.06. The minimum Gasteiger partial charge on any atom is -0.311 e. The fourth-order valence-electron chi connectivity index (χ4n) is 3.70. The molecule has 0 amide bonds. The molecule has 1 saturated heterocycles. The maximum atomic E-state index is 4.29. The molecule has 2 atom stereocenters. The summed E-state index contributed by atoms with van der Waals surface area (Å²) in [6.45, 7) is 8.25. The number of nitrogens with one attached hydrogen (secondary N) is 1. The van der Waals surface area contributed by atoms with Gasteiger partial charge in [0.05, 0.1) is 6.20 Å². The Labute approximate surface area is 128 Å². The van der Waals surface area contributed by atoms with Gasteiger partial charge in [0.15, 0.2) is 0 Å². The fourth-order valence-corrected chi connectivity index (χ4v) is 3.70. The van der Waals surface area contributed by atoms with Crippen molar-refractivity contribution >= 4 is 0 Å². The highest BCUT2D eigenvalue weighted by molar-refractivity contribution is 5.05. The van der Waals surface area contributed by atoms with E-state index >= 15 is 0 Å². The van der Waals surface area contributed by atoms with Gasteiger partial charge in [-0.15, -0.1) is 0 Å². The lowest BCUT2D eigenvalue weighted by atomic mass is 9.98. The van der Waals surface area contributed by atoms with Crippen LogP contribution in [0, 0.1) is 11.8 Å². The van der Waals surface area contributed by atoms with Crippen molar-refractivity contribution in [1.29, 1.82) is 0 Å². The van der Waals surface area contributed by atoms with E-state index in [2.05, 4.69) is 35.4 Å². The molecule has 4 heteroatoms. The molecule has 2 unspecified atom stereocenters. The molecule has 1 aliphatic carbocycles. The van der Waals surface area contributed by atoms with Crippen molar-refractivity contribution in [3.63, 3.8) is 0 Å². The van der Waals surface area contributed by atoms with E-state index in [1.165, 1.54) is 44.5 Å². The van der Waals surface area contributed by atoms with Gasteiger partial charge in [-0.25, -0.2) is 0 Å². The molecule has 0 radical (unpaired) electrons. The van der Waals surface area contributed by atoms with Crippen LogP contribution >= 0.6 is 0 Å². The predicted molar refractivity (Wildman–Crippen MR) is 86.2 cm³/mol. The number of aryl methyl sites for hydroxylation is 1. The summed E-state index contributed by atoms with van der Waals surface area (Å²) in [7, 11) is 2.00. The van der Waals surface area contributed by atoms with Crippen molar-refractivity contribution in [3.8, 4) is 0 Å². The minimum absolute atomic E-state index is 0.675. The van der Waals surface area contributed by atoms with Crippen LogP contribution in [0.25, 0.3) is 0 Å². The van der Waals surface area contributed by atoms with E-state index in [0.717, 1.165) is 24.3 Å². The normalized spacial score (nSPS) is 27.4. The van der Waals surface area contributed by atoms with Gasteiger partial charge >= 0.3 is 0 Å². The molecule has 0 aromatic carbocycles. The number of piperazine rings is 1. The summed E-state index contributed by atoms with van der Waals surface area (Å²) in [5.41, 5.74) is 1.37. The summed E-state index contributed by atoms with van der Waals surface area (Å²) in [6, 6.07) is 1.44. The van der Waals surface area contributed by atoms with E-state index in [4.69, 9.17) is 0 Å². The summed E-state index contributed by atoms with van der Waals surface area (Å²) >= 11 is 0. The van der Waals surface area contributed by atoms with E-state index < -0.39 is 0 Å². The molecule has 2 heterocycles. The van der Waals surface area contributed by atoms with Crippen molar-refractivity contribution in [1.82, 2.24) is 20.0 Å². The Bertz CT molecular complexity index is 449. The van der Waals surface area contributed by atoms with Gasteiger partial charge in [-0.2, -0.15) is 5.10 Å². The number of hydrogen-bond donors (Lipinski definition) is 1. The lowest BCUT2D eigenvalue weighted by Crippen LogP contribution is -2.57. The summed E-state index contributed by atoms with van der Waals surface area (Å²) < 4.78 is 1.91. The zero-order chi connectivity index (χ0) is 14.8. The lowest BCUT2D eigenvalue weighted by molar-refractivity contribution is 0.109. The molecule has 0 spiro atoms. The Balaban J connectivity index is 1.57. The zero-order valence-corrected chi connectivity index (χ0v) is 13.8. The van der Waals surface area contributed by atoms with Gasteiger partial charge in [0.2, 0.25) is 0 Å². The average Bonchev–Trinajstić information content (AvgIpc) is 3.19. The van der Waals surface area contributed by atoms with E-state index in [9.17, 15) is 0 Å². The molecule has 118 valence electrons. The third kappa shape index (κ3) is 4.07. The Morgan fingerprint density at radius 1 is 1.38 bits per heavy atom. The van der Waals surface area contributed by atoms with Gasteiger partial charge in [-0.3, -0.25) is 9.58 Å². The van der Waals surface area contributed by atoms with Crippen molar-refractivity contribution in [3.05, 3.63) is 18.0 Å². The van der Waals surface area contributed by atoms with Crippen LogP contribution in [0.1, 0.15) is 38.7 Å². The summed E-state index contributed by atoms with van der Waals surface area (Å²) in [5, 5.41) is 8.08. The molecule has 1 aromatic heterocycles. The molecule has 1 saturated carbocycles. The van der Waals surface area contributed by atoms with Gasteiger partial charge in [0, 0.05) is 45.0 Å². The maximum absolute atomic E-state index is 4.29. The number of hydrogen-bond acceptors (Lipinski definition) is 3. The van der Waals surface area contributed by atoms with Crippen molar-refractivity contribution < 1.29 is 0 Å². The second-order valence-corrected chi connectivity index (χ2v) is 7.41. The topological polar surface area (TPSA) is 33.1 Å². The number of aromatic nitrogens is 2. The first-order chi connectivity index (χ1) is 10.1. The maximum Gasteiger partial charge on any atom is 0.0522 e. The molecule has 1 N–H and O–H groups in total. The Morgan fingerprint density at radius 2 is 2.19 bits per heavy atom. The van der Waals surface area contributed by atoms with Crippen LogP contribution in [0.2, 0.25) is 0 Å². The first-order valence-electron chi connectivity index (χ1n) is 8.56. The summed E-state index contributed by atoms with van der Waals surface area (Å²) in [4.78, 5) is 2.76. The lowest BCUT2D eigenvalue weighted by Gasteiger charge is -2.41. The Hall–Kier alpha value is -0.870. The van der Waals surface area contributed by atoms with Crippen LogP contribution in [-0.2, 0) is 13.5 Å². The second-order valence-electron chi connectivity index (χ2n) is 7.41. The van der Waals surface area contributed by atoms with Crippen LogP contribution in [0.15, 0.2) is 12.4 Å². The highest BCUT2D eigenvalue weighted by atomic mass is 15.3. The van der Waals surface area contributed by atoms with Gasteiger partial charge in [-0.1, -0.05) is 13.8 Å². The SMILES string of the molecule is CC(C)CC1CN(CCc2cnn(C)c2)C(C2CC2)CN1. The van der Waals surface area contributed by atoms with Crippen molar-refractivity contribution in [2.75, 3.05) is 19.6 Å². The highest BCUT2D eigenvalue weighted by Gasteiger charge is 2.38. The number of nitrogens with zero attached hydrogens (tertiary/aromatic N) is 3. The average molecular weight is 290 g/mol. The van der Waals surface area contributed by atoms with Gasteiger partial charge in [0.1, 0.15) is 0 Å².